The molecular formula is C20H30N2O4. The fourth-order valence-corrected chi connectivity index (χ4v) is 3.66. The third-order valence-electron chi connectivity index (χ3n) is 5.41. The van der Waals surface area contributed by atoms with Gasteiger partial charge in [0.1, 0.15) is 5.75 Å². The zero-order valence-corrected chi connectivity index (χ0v) is 15.8. The molecule has 26 heavy (non-hydrogen) atoms. The maximum atomic E-state index is 12.4. The molecule has 3 rings (SSSR count). The van der Waals surface area contributed by atoms with Gasteiger partial charge in [0, 0.05) is 12.5 Å². The Morgan fingerprint density at radius 2 is 1.88 bits per heavy atom. The lowest BCUT2D eigenvalue weighted by Crippen LogP contribution is -2.49. The second-order valence-corrected chi connectivity index (χ2v) is 7.05. The van der Waals surface area contributed by atoms with Gasteiger partial charge in [-0.25, -0.2) is 0 Å². The predicted octanol–water partition coefficient (Wildman–Crippen LogP) is 1.83. The summed E-state index contributed by atoms with van der Waals surface area (Å²) >= 11 is 0. The average Bonchev–Trinajstić information content (AvgIpc) is 3.23. The number of rotatable bonds is 7. The molecule has 0 spiro atoms. The summed E-state index contributed by atoms with van der Waals surface area (Å²) in [6.45, 7) is 5.89. The van der Waals surface area contributed by atoms with Crippen molar-refractivity contribution in [1.82, 2.24) is 10.2 Å². The minimum absolute atomic E-state index is 0.0363. The van der Waals surface area contributed by atoms with Crippen molar-refractivity contribution in [3.05, 3.63) is 29.8 Å². The molecule has 1 unspecified atom stereocenters. The van der Waals surface area contributed by atoms with Crippen LogP contribution in [-0.2, 0) is 20.7 Å². The van der Waals surface area contributed by atoms with Crippen LogP contribution in [0.5, 0.6) is 5.75 Å². The van der Waals surface area contributed by atoms with E-state index in [-0.39, 0.29) is 18.2 Å². The Morgan fingerprint density at radius 1 is 1.23 bits per heavy atom. The number of nitrogens with one attached hydrogen (secondary N) is 1. The molecule has 1 aromatic carbocycles. The molecule has 1 amide bonds. The monoisotopic (exact) mass is 362 g/mol. The highest BCUT2D eigenvalue weighted by Crippen LogP contribution is 2.26. The third-order valence-corrected chi connectivity index (χ3v) is 5.41. The summed E-state index contributed by atoms with van der Waals surface area (Å²) in [6, 6.07) is 7.86. The maximum absolute atomic E-state index is 12.4. The lowest BCUT2D eigenvalue weighted by molar-refractivity contribution is -0.128. The highest BCUT2D eigenvalue weighted by Gasteiger charge is 2.32. The molecule has 2 saturated heterocycles. The first-order valence-electron chi connectivity index (χ1n) is 9.55. The van der Waals surface area contributed by atoms with E-state index in [1.165, 1.54) is 5.56 Å². The average molecular weight is 362 g/mol. The van der Waals surface area contributed by atoms with E-state index in [0.717, 1.165) is 38.1 Å². The molecule has 6 nitrogen and oxygen atoms in total. The summed E-state index contributed by atoms with van der Waals surface area (Å²) in [5.74, 6) is 1.41. The minimum Gasteiger partial charge on any atom is -0.497 e. The SMILES string of the molecule is COc1ccc(CCNC(=O)C(C)N2CCC(C3OCCO3)CC2)cc1. The molecule has 1 aromatic rings. The molecule has 6 heteroatoms. The number of likely N-dealkylation sites (tertiary alicyclic amines) is 1. The molecule has 0 saturated carbocycles. The largest absolute Gasteiger partial charge is 0.497 e. The zero-order chi connectivity index (χ0) is 18.4. The third kappa shape index (κ3) is 4.96. The number of carbonyl (C=O) groups is 1. The number of carbonyl (C=O) groups excluding carboxylic acids is 1. The van der Waals surface area contributed by atoms with E-state index in [9.17, 15) is 4.79 Å². The van der Waals surface area contributed by atoms with Gasteiger partial charge in [0.05, 0.1) is 26.4 Å². The number of hydrogen-bond donors (Lipinski definition) is 1. The van der Waals surface area contributed by atoms with Crippen LogP contribution in [0.2, 0.25) is 0 Å². The smallest absolute Gasteiger partial charge is 0.237 e. The standard InChI is InChI=1S/C20H30N2O4/c1-15(22-11-8-17(9-12-22)20-25-13-14-26-20)19(23)21-10-7-16-3-5-18(24-2)6-4-16/h3-6,15,17,20H,7-14H2,1-2H3,(H,21,23). The van der Waals surface area contributed by atoms with Crippen LogP contribution >= 0.6 is 0 Å². The molecule has 0 bridgehead atoms. The van der Waals surface area contributed by atoms with Crippen LogP contribution in [0.25, 0.3) is 0 Å². The van der Waals surface area contributed by atoms with Crippen LogP contribution in [0.4, 0.5) is 0 Å². The van der Waals surface area contributed by atoms with Gasteiger partial charge in [0.2, 0.25) is 5.91 Å². The van der Waals surface area contributed by atoms with E-state index in [1.807, 2.05) is 31.2 Å². The molecule has 2 aliphatic heterocycles. The highest BCUT2D eigenvalue weighted by atomic mass is 16.7. The van der Waals surface area contributed by atoms with Gasteiger partial charge in [-0.05, 0) is 57.0 Å². The van der Waals surface area contributed by atoms with Crippen LogP contribution < -0.4 is 10.1 Å². The van der Waals surface area contributed by atoms with Gasteiger partial charge in [-0.15, -0.1) is 0 Å². The van der Waals surface area contributed by atoms with Gasteiger partial charge in [-0.2, -0.15) is 0 Å². The fourth-order valence-electron chi connectivity index (χ4n) is 3.66. The van der Waals surface area contributed by atoms with E-state index in [1.54, 1.807) is 7.11 Å². The lowest BCUT2D eigenvalue weighted by Gasteiger charge is -2.36. The van der Waals surface area contributed by atoms with Crippen molar-refractivity contribution in [3.8, 4) is 5.75 Å². The van der Waals surface area contributed by atoms with E-state index < -0.39 is 0 Å². The molecule has 1 N–H and O–H groups in total. The van der Waals surface area contributed by atoms with Crippen LogP contribution in [-0.4, -0.2) is 63.1 Å². The van der Waals surface area contributed by atoms with Gasteiger partial charge >= 0.3 is 0 Å². The Labute approximate surface area is 155 Å². The Hall–Kier alpha value is -1.63. The molecule has 0 aliphatic carbocycles. The Balaban J connectivity index is 1.37. The predicted molar refractivity (Wildman–Crippen MR) is 99.2 cm³/mol. The van der Waals surface area contributed by atoms with Gasteiger partial charge in [0.25, 0.3) is 0 Å². The number of hydrogen-bond acceptors (Lipinski definition) is 5. The molecular weight excluding hydrogens is 332 g/mol. The first kappa shape index (κ1) is 19.1. The first-order chi connectivity index (χ1) is 12.7. The van der Waals surface area contributed by atoms with Crippen molar-refractivity contribution in [2.24, 2.45) is 5.92 Å². The van der Waals surface area contributed by atoms with E-state index in [2.05, 4.69) is 10.2 Å². The molecule has 144 valence electrons. The number of benzene rings is 1. The number of nitrogens with zero attached hydrogens (tertiary/aromatic N) is 1. The Kier molecular flexibility index (Phi) is 6.88. The fraction of sp³-hybridized carbons (Fsp3) is 0.650. The van der Waals surface area contributed by atoms with Gasteiger partial charge in [-0.1, -0.05) is 12.1 Å². The number of amides is 1. The van der Waals surface area contributed by atoms with Crippen molar-refractivity contribution in [2.75, 3.05) is 40.0 Å². The molecule has 2 heterocycles. The van der Waals surface area contributed by atoms with Gasteiger partial charge in [-0.3, -0.25) is 9.69 Å². The molecule has 2 aliphatic rings. The summed E-state index contributed by atoms with van der Waals surface area (Å²) < 4.78 is 16.4. The Bertz CT molecular complexity index is 564. The molecule has 1 atom stereocenters. The quantitative estimate of drug-likeness (QED) is 0.802. The first-order valence-corrected chi connectivity index (χ1v) is 9.55. The van der Waals surface area contributed by atoms with Crippen molar-refractivity contribution in [1.29, 1.82) is 0 Å². The lowest BCUT2D eigenvalue weighted by atomic mass is 9.95. The zero-order valence-electron chi connectivity index (χ0n) is 15.8. The summed E-state index contributed by atoms with van der Waals surface area (Å²) in [5.41, 5.74) is 1.19. The van der Waals surface area contributed by atoms with Gasteiger partial charge in [0.15, 0.2) is 6.29 Å². The highest BCUT2D eigenvalue weighted by molar-refractivity contribution is 5.81. The summed E-state index contributed by atoms with van der Waals surface area (Å²) in [5, 5.41) is 3.06. The van der Waals surface area contributed by atoms with Crippen molar-refractivity contribution < 1.29 is 19.0 Å². The second kappa shape index (κ2) is 9.35. The topological polar surface area (TPSA) is 60.0 Å². The molecule has 0 radical (unpaired) electrons. The molecule has 2 fully saturated rings. The molecule has 0 aromatic heterocycles. The number of methoxy groups -OCH3 is 1. The van der Waals surface area contributed by atoms with E-state index in [4.69, 9.17) is 14.2 Å². The number of ether oxygens (including phenoxy) is 3. The number of piperidine rings is 1. The second-order valence-electron chi connectivity index (χ2n) is 7.05. The summed E-state index contributed by atoms with van der Waals surface area (Å²) in [4.78, 5) is 14.7. The van der Waals surface area contributed by atoms with E-state index >= 15 is 0 Å². The Morgan fingerprint density at radius 3 is 2.50 bits per heavy atom. The van der Waals surface area contributed by atoms with Crippen molar-refractivity contribution in [2.45, 2.75) is 38.5 Å². The summed E-state index contributed by atoms with van der Waals surface area (Å²) in [6.07, 6.45) is 2.83. The van der Waals surface area contributed by atoms with Crippen LogP contribution in [0, 0.1) is 5.92 Å². The van der Waals surface area contributed by atoms with E-state index in [0.29, 0.717) is 25.7 Å². The van der Waals surface area contributed by atoms with Gasteiger partial charge < -0.3 is 19.5 Å². The maximum Gasteiger partial charge on any atom is 0.237 e. The van der Waals surface area contributed by atoms with Crippen LogP contribution in [0.15, 0.2) is 24.3 Å². The summed E-state index contributed by atoms with van der Waals surface area (Å²) in [7, 11) is 1.66. The van der Waals surface area contributed by atoms with Crippen LogP contribution in [0.1, 0.15) is 25.3 Å². The normalized spacial score (nSPS) is 20.8. The van der Waals surface area contributed by atoms with Crippen molar-refractivity contribution in [3.63, 3.8) is 0 Å². The minimum atomic E-state index is -0.0998. The van der Waals surface area contributed by atoms with Crippen LogP contribution in [0.3, 0.4) is 0 Å². The van der Waals surface area contributed by atoms with Crippen molar-refractivity contribution >= 4 is 5.91 Å².